The van der Waals surface area contributed by atoms with E-state index in [1.807, 2.05) is 0 Å². The predicted octanol–water partition coefficient (Wildman–Crippen LogP) is 9.24. The monoisotopic (exact) mass is 770 g/mol. The zero-order valence-corrected chi connectivity index (χ0v) is 33.8. The SMILES string of the molecule is c1ccc([Si](c2ccccc2)(c2ccccc2)c2ccc3c(c2)-c2ccccc2N2c4ccccc4-c4ccccc4[Si]24c2ccccc2-c2ccccc2N34)cc1. The topological polar surface area (TPSA) is 6.48 Å². The van der Waals surface area contributed by atoms with Crippen molar-refractivity contribution in [2.24, 2.45) is 0 Å². The molecular weight excluding hydrogens is 733 g/mol. The van der Waals surface area contributed by atoms with Crippen LogP contribution in [0.5, 0.6) is 0 Å². The van der Waals surface area contributed by atoms with Crippen molar-refractivity contribution in [2.75, 3.05) is 9.13 Å². The van der Waals surface area contributed by atoms with Crippen molar-refractivity contribution >= 4 is 70.3 Å². The lowest BCUT2D eigenvalue weighted by atomic mass is 9.99. The van der Waals surface area contributed by atoms with Gasteiger partial charge in [0.05, 0.1) is 0 Å². The molecule has 12 rings (SSSR count). The molecule has 0 saturated heterocycles. The van der Waals surface area contributed by atoms with E-state index in [4.69, 9.17) is 0 Å². The number of para-hydroxylation sites is 3. The molecule has 3 aliphatic rings. The molecule has 1 unspecified atom stereocenters. The molecule has 3 aliphatic heterocycles. The first-order chi connectivity index (χ1) is 28.8. The summed E-state index contributed by atoms with van der Waals surface area (Å²) in [7, 11) is -6.04. The van der Waals surface area contributed by atoms with Crippen molar-refractivity contribution in [1.29, 1.82) is 0 Å². The van der Waals surface area contributed by atoms with Gasteiger partial charge >= 0.3 is 8.40 Å². The molecule has 9 aromatic rings. The summed E-state index contributed by atoms with van der Waals surface area (Å²) < 4.78 is 5.64. The number of nitrogens with zero attached hydrogens (tertiary/aromatic N) is 2. The van der Waals surface area contributed by atoms with E-state index in [0.717, 1.165) is 0 Å². The first-order valence-electron chi connectivity index (χ1n) is 20.2. The van der Waals surface area contributed by atoms with Crippen molar-refractivity contribution in [3.63, 3.8) is 0 Å². The van der Waals surface area contributed by atoms with Crippen LogP contribution < -0.4 is 40.3 Å². The summed E-state index contributed by atoms with van der Waals surface area (Å²) in [6.45, 7) is 0. The van der Waals surface area contributed by atoms with Crippen molar-refractivity contribution in [3.05, 3.63) is 231 Å². The number of hydrogen-bond acceptors (Lipinski definition) is 2. The molecule has 0 bridgehead atoms. The second-order valence-electron chi connectivity index (χ2n) is 15.6. The molecule has 0 radical (unpaired) electrons. The third kappa shape index (κ3) is 4.36. The molecule has 0 saturated carbocycles. The molecule has 0 N–H and O–H groups in total. The molecule has 272 valence electrons. The average molecular weight is 771 g/mol. The lowest BCUT2D eigenvalue weighted by Crippen LogP contribution is -2.80. The van der Waals surface area contributed by atoms with Crippen LogP contribution in [0.1, 0.15) is 0 Å². The van der Waals surface area contributed by atoms with Gasteiger partial charge in [0.25, 0.3) is 0 Å². The van der Waals surface area contributed by atoms with E-state index in [2.05, 4.69) is 240 Å². The fourth-order valence-corrected chi connectivity index (χ4v) is 20.9. The Morgan fingerprint density at radius 1 is 0.259 bits per heavy atom. The predicted molar refractivity (Wildman–Crippen MR) is 249 cm³/mol. The minimum Gasteiger partial charge on any atom is -0.342 e. The Labute approximate surface area is 341 Å². The molecule has 0 amide bonds. The Morgan fingerprint density at radius 2 is 0.586 bits per heavy atom. The normalized spacial score (nSPS) is 15.6. The molecule has 0 fully saturated rings. The van der Waals surface area contributed by atoms with E-state index in [1.54, 1.807) is 0 Å². The Morgan fingerprint density at radius 3 is 1.02 bits per heavy atom. The van der Waals surface area contributed by atoms with E-state index in [1.165, 1.54) is 87.3 Å². The van der Waals surface area contributed by atoms with Gasteiger partial charge in [-0.05, 0) is 66.5 Å². The summed E-state index contributed by atoms with van der Waals surface area (Å²) in [5.74, 6) is 0. The minimum atomic E-state index is -3.19. The molecule has 3 heterocycles. The van der Waals surface area contributed by atoms with Crippen molar-refractivity contribution in [1.82, 2.24) is 0 Å². The first kappa shape index (κ1) is 33.2. The van der Waals surface area contributed by atoms with Crippen LogP contribution in [0, 0.1) is 0 Å². The fraction of sp³-hybridized carbons (Fsp3) is 0. The zero-order chi connectivity index (χ0) is 38.3. The Bertz CT molecular complexity index is 2900. The van der Waals surface area contributed by atoms with Crippen LogP contribution in [0.2, 0.25) is 0 Å². The van der Waals surface area contributed by atoms with Crippen LogP contribution in [-0.2, 0) is 0 Å². The fourth-order valence-electron chi connectivity index (χ4n) is 10.7. The largest absolute Gasteiger partial charge is 0.342 e. The maximum absolute atomic E-state index is 3.19. The highest BCUT2D eigenvalue weighted by Gasteiger charge is 2.60. The van der Waals surface area contributed by atoms with Gasteiger partial charge in [-0.1, -0.05) is 206 Å². The van der Waals surface area contributed by atoms with Crippen molar-refractivity contribution in [2.45, 2.75) is 0 Å². The number of hydrogen-bond donors (Lipinski definition) is 0. The van der Waals surface area contributed by atoms with E-state index in [9.17, 15) is 0 Å². The van der Waals surface area contributed by atoms with Crippen molar-refractivity contribution in [3.8, 4) is 33.4 Å². The summed E-state index contributed by atoms with van der Waals surface area (Å²) in [6.07, 6.45) is 0. The quantitative estimate of drug-likeness (QED) is 0.130. The van der Waals surface area contributed by atoms with Gasteiger partial charge in [0, 0.05) is 45.0 Å². The maximum Gasteiger partial charge on any atom is 0.341 e. The summed E-state index contributed by atoms with van der Waals surface area (Å²) in [6, 6.07) is 87.4. The van der Waals surface area contributed by atoms with E-state index < -0.39 is 16.5 Å². The van der Waals surface area contributed by atoms with E-state index >= 15 is 0 Å². The third-order valence-electron chi connectivity index (χ3n) is 12.8. The highest BCUT2D eigenvalue weighted by atomic mass is 28.3. The average Bonchev–Trinajstić information content (AvgIpc) is 3.42. The van der Waals surface area contributed by atoms with Crippen LogP contribution in [0.25, 0.3) is 33.4 Å². The molecule has 0 aliphatic carbocycles. The molecule has 0 aromatic heterocycles. The standard InChI is InChI=1S/C54H38N2Si2/c1-4-20-39(21-5-1)57(40-22-6-2-7-23-40,41-24-8-3-9-25-41)42-36-37-52-48(38-42)45-28-12-17-33-51(45)55-49-31-15-10-26-43(49)46-29-13-18-34-53(46)58(55)54-35-19-14-30-47(54)44-27-11-16-32-50(44)56(52)58/h1-38H. The van der Waals surface area contributed by atoms with Crippen LogP contribution in [0.3, 0.4) is 0 Å². The number of benzene rings is 9. The summed E-state index contributed by atoms with van der Waals surface area (Å²) in [5, 5.41) is 8.30. The van der Waals surface area contributed by atoms with Gasteiger partial charge in [0.1, 0.15) is 0 Å². The zero-order valence-electron chi connectivity index (χ0n) is 31.8. The Balaban J connectivity index is 1.27. The molecule has 4 heteroatoms. The maximum atomic E-state index is 2.83. The Kier molecular flexibility index (Phi) is 7.30. The van der Waals surface area contributed by atoms with Crippen LogP contribution in [0.15, 0.2) is 231 Å². The summed E-state index contributed by atoms with van der Waals surface area (Å²) in [4.78, 5) is 0. The summed E-state index contributed by atoms with van der Waals surface area (Å²) in [5.41, 5.74) is 12.7. The lowest BCUT2D eigenvalue weighted by molar-refractivity contribution is 1.25. The van der Waals surface area contributed by atoms with Gasteiger partial charge in [-0.15, -0.1) is 0 Å². The van der Waals surface area contributed by atoms with Gasteiger partial charge in [-0.2, -0.15) is 0 Å². The van der Waals surface area contributed by atoms with Gasteiger partial charge < -0.3 is 9.13 Å². The molecule has 9 aromatic carbocycles. The first-order valence-corrected chi connectivity index (χ1v) is 24.1. The van der Waals surface area contributed by atoms with Gasteiger partial charge in [-0.3, -0.25) is 0 Å². The number of anilines is 4. The van der Waals surface area contributed by atoms with Gasteiger partial charge in [0.2, 0.25) is 0 Å². The lowest BCUT2D eigenvalue weighted by Gasteiger charge is -2.56. The number of rotatable bonds is 4. The van der Waals surface area contributed by atoms with E-state index in [0.29, 0.717) is 0 Å². The highest BCUT2D eigenvalue weighted by Crippen LogP contribution is 2.56. The molecule has 2 nitrogen and oxygen atoms in total. The van der Waals surface area contributed by atoms with Crippen LogP contribution in [-0.4, -0.2) is 16.5 Å². The smallest absolute Gasteiger partial charge is 0.341 e. The highest BCUT2D eigenvalue weighted by molar-refractivity contribution is 7.20. The molecular formula is C54H38N2Si2. The van der Waals surface area contributed by atoms with Crippen LogP contribution in [0.4, 0.5) is 22.7 Å². The van der Waals surface area contributed by atoms with Crippen LogP contribution >= 0.6 is 0 Å². The molecule has 58 heavy (non-hydrogen) atoms. The van der Waals surface area contributed by atoms with Crippen molar-refractivity contribution < 1.29 is 0 Å². The minimum absolute atomic E-state index is 1.25. The van der Waals surface area contributed by atoms with Gasteiger partial charge in [-0.25, -0.2) is 0 Å². The second-order valence-corrected chi connectivity index (χ2v) is 22.7. The third-order valence-corrected chi connectivity index (χ3v) is 22.3. The molecule has 1 spiro atoms. The van der Waals surface area contributed by atoms with Gasteiger partial charge in [0.15, 0.2) is 8.07 Å². The summed E-state index contributed by atoms with van der Waals surface area (Å²) >= 11 is 0. The Hall–Kier alpha value is -6.99. The number of fused-ring (bicyclic) bond motifs is 13. The van der Waals surface area contributed by atoms with E-state index in [-0.39, 0.29) is 0 Å². The molecule has 1 atom stereocenters. The second kappa shape index (κ2) is 12.8.